The molecule has 1 amide bonds. The zero-order valence-corrected chi connectivity index (χ0v) is 24.4. The first-order chi connectivity index (χ1) is 19.4. The van der Waals surface area contributed by atoms with Gasteiger partial charge in [-0.2, -0.15) is 11.8 Å². The summed E-state index contributed by atoms with van der Waals surface area (Å²) in [7, 11) is 0. The normalized spacial score (nSPS) is 13.8. The molecule has 2 atom stereocenters. The molecule has 0 fully saturated rings. The van der Waals surface area contributed by atoms with Crippen LogP contribution < -0.4 is 10.1 Å². The molecular weight excluding hydrogens is 522 g/mol. The number of unbranched alkanes of at least 4 members (excludes halogenated alkanes) is 1. The van der Waals surface area contributed by atoms with E-state index in [9.17, 15) is 14.7 Å². The number of carboxylic acids is 1. The molecule has 0 radical (unpaired) electrons. The molecule has 0 saturated carbocycles. The Bertz CT molecular complexity index is 1320. The maximum Gasteiger partial charge on any atom is 0.326 e. The second-order valence-corrected chi connectivity index (χ2v) is 11.2. The molecule has 1 aliphatic rings. The van der Waals surface area contributed by atoms with Crippen molar-refractivity contribution in [2.24, 2.45) is 0 Å². The highest BCUT2D eigenvalue weighted by atomic mass is 32.2. The monoisotopic (exact) mass is 561 g/mol. The van der Waals surface area contributed by atoms with Crippen LogP contribution in [0.4, 0.5) is 0 Å². The smallest absolute Gasteiger partial charge is 0.326 e. The van der Waals surface area contributed by atoms with Crippen LogP contribution in [0.3, 0.4) is 0 Å². The van der Waals surface area contributed by atoms with Crippen LogP contribution in [0.25, 0.3) is 11.1 Å². The minimum atomic E-state index is -1.03. The van der Waals surface area contributed by atoms with Crippen molar-refractivity contribution in [3.63, 3.8) is 0 Å². The largest absolute Gasteiger partial charge is 0.493 e. The minimum absolute atomic E-state index is 0.0629. The third-order valence-corrected chi connectivity index (χ3v) is 7.98. The molecule has 4 rings (SSSR count). The number of amides is 1. The van der Waals surface area contributed by atoms with Crippen molar-refractivity contribution in [2.75, 3.05) is 18.6 Å². The number of hydrogen-bond donors (Lipinski definition) is 2. The van der Waals surface area contributed by atoms with Gasteiger partial charge in [-0.3, -0.25) is 4.79 Å². The summed E-state index contributed by atoms with van der Waals surface area (Å²) in [5.41, 5.74) is 6.50. The lowest BCUT2D eigenvalue weighted by molar-refractivity contribution is -0.139. The van der Waals surface area contributed by atoms with Gasteiger partial charge in [0.1, 0.15) is 11.8 Å². The van der Waals surface area contributed by atoms with Gasteiger partial charge < -0.3 is 19.9 Å². The second-order valence-electron chi connectivity index (χ2n) is 10.2. The molecule has 6 nitrogen and oxygen atoms in total. The van der Waals surface area contributed by atoms with E-state index < -0.39 is 17.9 Å². The van der Waals surface area contributed by atoms with Crippen LogP contribution in [0.1, 0.15) is 71.3 Å². The van der Waals surface area contributed by atoms with Crippen molar-refractivity contribution in [3.05, 3.63) is 88.5 Å². The number of thioether (sulfide) groups is 1. The molecule has 2 N–H and O–H groups in total. The number of benzene rings is 3. The van der Waals surface area contributed by atoms with Gasteiger partial charge in [-0.1, -0.05) is 62.2 Å². The number of aliphatic carboxylic acids is 1. The maximum absolute atomic E-state index is 13.4. The van der Waals surface area contributed by atoms with Crippen molar-refractivity contribution in [3.8, 4) is 16.9 Å². The predicted octanol–water partition coefficient (Wildman–Crippen LogP) is 6.98. The van der Waals surface area contributed by atoms with Gasteiger partial charge in [0.2, 0.25) is 0 Å². The van der Waals surface area contributed by atoms with E-state index in [2.05, 4.69) is 30.4 Å². The van der Waals surface area contributed by atoms with Gasteiger partial charge in [0.05, 0.1) is 19.3 Å². The van der Waals surface area contributed by atoms with Crippen LogP contribution in [0.2, 0.25) is 0 Å². The minimum Gasteiger partial charge on any atom is -0.493 e. The average Bonchev–Trinajstić information content (AvgIpc) is 3.43. The summed E-state index contributed by atoms with van der Waals surface area (Å²) in [6.45, 7) is 5.30. The van der Waals surface area contributed by atoms with Crippen molar-refractivity contribution in [2.45, 2.75) is 64.7 Å². The van der Waals surface area contributed by atoms with Gasteiger partial charge in [-0.15, -0.1) is 0 Å². The lowest BCUT2D eigenvalue weighted by Crippen LogP contribution is -2.41. The highest BCUT2D eigenvalue weighted by molar-refractivity contribution is 7.98. The molecule has 40 heavy (non-hydrogen) atoms. The summed E-state index contributed by atoms with van der Waals surface area (Å²) in [6.07, 6.45) is 6.21. The van der Waals surface area contributed by atoms with E-state index in [1.807, 2.05) is 49.6 Å². The van der Waals surface area contributed by atoms with Gasteiger partial charge >= 0.3 is 5.97 Å². The number of carboxylic acid groups (broad SMARTS) is 1. The Kier molecular flexibility index (Phi) is 10.7. The summed E-state index contributed by atoms with van der Waals surface area (Å²) in [5.74, 6) is 0.184. The number of nitrogens with one attached hydrogen (secondary N) is 1. The zero-order valence-electron chi connectivity index (χ0n) is 23.6. The topological polar surface area (TPSA) is 84.9 Å². The third-order valence-electron chi connectivity index (χ3n) is 7.34. The van der Waals surface area contributed by atoms with Crippen LogP contribution in [-0.4, -0.2) is 41.6 Å². The quantitative estimate of drug-likeness (QED) is 0.221. The lowest BCUT2D eigenvalue weighted by atomic mass is 9.93. The van der Waals surface area contributed by atoms with Crippen molar-refractivity contribution >= 4 is 23.6 Å². The summed E-state index contributed by atoms with van der Waals surface area (Å²) >= 11 is 1.56. The molecule has 3 aromatic rings. The zero-order chi connectivity index (χ0) is 28.5. The predicted molar refractivity (Wildman–Crippen MR) is 161 cm³/mol. The second kappa shape index (κ2) is 14.4. The lowest BCUT2D eigenvalue weighted by Gasteiger charge is -2.20. The Balaban J connectivity index is 1.60. The van der Waals surface area contributed by atoms with E-state index in [4.69, 9.17) is 9.47 Å². The summed E-state index contributed by atoms with van der Waals surface area (Å²) in [4.78, 5) is 25.2. The van der Waals surface area contributed by atoms with Crippen LogP contribution in [0.5, 0.6) is 5.75 Å². The molecule has 1 aliphatic heterocycles. The van der Waals surface area contributed by atoms with Crippen LogP contribution >= 0.6 is 11.8 Å². The number of rotatable bonds is 14. The Morgan fingerprint density at radius 1 is 1.07 bits per heavy atom. The van der Waals surface area contributed by atoms with Gasteiger partial charge in [0.15, 0.2) is 0 Å². The molecule has 3 aromatic carbocycles. The van der Waals surface area contributed by atoms with Gasteiger partial charge in [-0.25, -0.2) is 4.79 Å². The molecule has 0 saturated heterocycles. The van der Waals surface area contributed by atoms with E-state index in [1.165, 1.54) is 5.56 Å². The SMILES string of the molecule is CCCC[C@@H](OCc1ccc(C(=O)N[C@@H](CCSC)C(=O)O)c(-c2ccccc2C)c1)c1ccc2c(c1)OCC2. The van der Waals surface area contributed by atoms with Gasteiger partial charge in [-0.05, 0) is 83.4 Å². The molecular formula is C33H39NO5S. The molecule has 0 unspecified atom stereocenters. The fraction of sp³-hybridized carbons (Fsp3) is 0.394. The van der Waals surface area contributed by atoms with E-state index in [-0.39, 0.29) is 6.10 Å². The van der Waals surface area contributed by atoms with E-state index >= 15 is 0 Å². The van der Waals surface area contributed by atoms with E-state index in [1.54, 1.807) is 17.8 Å². The van der Waals surface area contributed by atoms with Crippen LogP contribution in [0, 0.1) is 6.92 Å². The fourth-order valence-corrected chi connectivity index (χ4v) is 5.49. The molecule has 212 valence electrons. The molecule has 0 aromatic heterocycles. The Labute approximate surface area is 241 Å². The molecule has 7 heteroatoms. The first kappa shape index (κ1) is 29.7. The maximum atomic E-state index is 13.4. The van der Waals surface area contributed by atoms with Gasteiger partial charge in [0.25, 0.3) is 5.91 Å². The van der Waals surface area contributed by atoms with E-state index in [0.717, 1.165) is 65.9 Å². The standard InChI is InChI=1S/C33H39NO5S/c1-4-5-10-30(25-13-12-24-15-17-38-31(24)20-25)39-21-23-11-14-27(28(19-23)26-9-7-6-8-22(26)2)32(35)34-29(33(36)37)16-18-40-3/h6-9,11-14,19-20,29-30H,4-5,10,15-18,21H2,1-3H3,(H,34,35)(H,36,37)/t29-,30+/m0/s1. The Morgan fingerprint density at radius 2 is 1.90 bits per heavy atom. The Morgan fingerprint density at radius 3 is 2.65 bits per heavy atom. The first-order valence-electron chi connectivity index (χ1n) is 14.0. The number of hydrogen-bond acceptors (Lipinski definition) is 5. The first-order valence-corrected chi connectivity index (χ1v) is 15.4. The Hall–Kier alpha value is -3.29. The van der Waals surface area contributed by atoms with Crippen molar-refractivity contribution in [1.82, 2.24) is 5.32 Å². The molecule has 0 aliphatic carbocycles. The van der Waals surface area contributed by atoms with Gasteiger partial charge in [0, 0.05) is 12.0 Å². The molecule has 0 bridgehead atoms. The van der Waals surface area contributed by atoms with E-state index in [0.29, 0.717) is 24.3 Å². The number of ether oxygens (including phenoxy) is 2. The number of carbonyl (C=O) groups excluding carboxylic acids is 1. The third kappa shape index (κ3) is 7.46. The fourth-order valence-electron chi connectivity index (χ4n) is 5.02. The van der Waals surface area contributed by atoms with Crippen molar-refractivity contribution < 1.29 is 24.2 Å². The molecule has 0 spiro atoms. The van der Waals surface area contributed by atoms with Crippen molar-refractivity contribution in [1.29, 1.82) is 0 Å². The number of carbonyl (C=O) groups is 2. The highest BCUT2D eigenvalue weighted by Gasteiger charge is 2.23. The van der Waals surface area contributed by atoms with Crippen LogP contribution in [0.15, 0.2) is 60.7 Å². The number of fused-ring (bicyclic) bond motifs is 1. The summed E-state index contributed by atoms with van der Waals surface area (Å²) in [5, 5.41) is 12.4. The van der Waals surface area contributed by atoms with Crippen LogP contribution in [-0.2, 0) is 22.6 Å². The summed E-state index contributed by atoms with van der Waals surface area (Å²) < 4.78 is 12.3. The number of aryl methyl sites for hydroxylation is 1. The molecule has 1 heterocycles. The average molecular weight is 562 g/mol. The summed E-state index contributed by atoms with van der Waals surface area (Å²) in [6, 6.07) is 19.1. The highest BCUT2D eigenvalue weighted by Crippen LogP contribution is 2.33.